The molecule has 9 aromatic carbocycles. The van der Waals surface area contributed by atoms with E-state index in [0.717, 1.165) is 72.4 Å². The van der Waals surface area contributed by atoms with Gasteiger partial charge in [-0.05, 0) is 63.4 Å². The highest BCUT2D eigenvalue weighted by Crippen LogP contribution is 2.43. The van der Waals surface area contributed by atoms with Gasteiger partial charge in [0, 0.05) is 38.4 Å². The minimum atomic E-state index is 0.911. The fourth-order valence-electron chi connectivity index (χ4n) is 7.78. The molecule has 244 valence electrons. The highest BCUT2D eigenvalue weighted by Gasteiger charge is 2.19. The fraction of sp³-hybridized carbons (Fsp3) is 0. The van der Waals surface area contributed by atoms with E-state index in [-0.39, 0.29) is 0 Å². The van der Waals surface area contributed by atoms with E-state index >= 15 is 0 Å². The van der Waals surface area contributed by atoms with E-state index in [9.17, 15) is 0 Å². The van der Waals surface area contributed by atoms with Crippen molar-refractivity contribution in [2.75, 3.05) is 4.90 Å². The average molecular weight is 664 g/mol. The van der Waals surface area contributed by atoms with Crippen LogP contribution in [0.4, 0.5) is 17.1 Å². The van der Waals surface area contributed by atoms with E-state index in [1.54, 1.807) is 0 Å². The molecule has 2 heteroatoms. The van der Waals surface area contributed by atoms with Gasteiger partial charge in [0.1, 0.15) is 11.2 Å². The van der Waals surface area contributed by atoms with Crippen LogP contribution >= 0.6 is 0 Å². The van der Waals surface area contributed by atoms with Crippen LogP contribution in [0.3, 0.4) is 0 Å². The quantitative estimate of drug-likeness (QED) is 0.176. The van der Waals surface area contributed by atoms with Crippen LogP contribution in [0.15, 0.2) is 205 Å². The number of hydrogen-bond acceptors (Lipinski definition) is 2. The van der Waals surface area contributed by atoms with Crippen molar-refractivity contribution in [2.24, 2.45) is 0 Å². The summed E-state index contributed by atoms with van der Waals surface area (Å²) >= 11 is 0. The predicted octanol–water partition coefficient (Wildman–Crippen LogP) is 14.4. The molecule has 0 unspecified atom stereocenters. The van der Waals surface area contributed by atoms with E-state index < -0.39 is 0 Å². The van der Waals surface area contributed by atoms with Gasteiger partial charge in [-0.25, -0.2) is 0 Å². The molecule has 0 aliphatic heterocycles. The van der Waals surface area contributed by atoms with Gasteiger partial charge in [0.2, 0.25) is 0 Å². The number of anilines is 3. The largest absolute Gasteiger partial charge is 0.455 e. The van der Waals surface area contributed by atoms with Crippen LogP contribution in [0, 0.1) is 0 Å². The Morgan fingerprint density at radius 1 is 0.308 bits per heavy atom. The summed E-state index contributed by atoms with van der Waals surface area (Å²) in [5.74, 6) is 0. The van der Waals surface area contributed by atoms with Gasteiger partial charge in [0.25, 0.3) is 0 Å². The third kappa shape index (κ3) is 5.04. The monoisotopic (exact) mass is 663 g/mol. The second-order valence-corrected chi connectivity index (χ2v) is 13.3. The molecule has 0 spiro atoms. The number of furan rings is 1. The molecule has 0 radical (unpaired) electrons. The molecular weight excluding hydrogens is 631 g/mol. The van der Waals surface area contributed by atoms with Gasteiger partial charge in [0.05, 0.1) is 11.4 Å². The molecule has 0 saturated carbocycles. The van der Waals surface area contributed by atoms with Crippen molar-refractivity contribution in [1.29, 1.82) is 0 Å². The van der Waals surface area contributed by atoms with Gasteiger partial charge in [0.15, 0.2) is 0 Å². The van der Waals surface area contributed by atoms with E-state index in [1.807, 2.05) is 6.07 Å². The number of nitrogens with zero attached hydrogens (tertiary/aromatic N) is 1. The minimum absolute atomic E-state index is 0.911. The van der Waals surface area contributed by atoms with Crippen molar-refractivity contribution < 1.29 is 4.42 Å². The van der Waals surface area contributed by atoms with E-state index in [0.29, 0.717) is 0 Å². The lowest BCUT2D eigenvalue weighted by Gasteiger charge is -2.28. The zero-order valence-electron chi connectivity index (χ0n) is 28.4. The Morgan fingerprint density at radius 2 is 0.769 bits per heavy atom. The first-order chi connectivity index (χ1) is 25.8. The Morgan fingerprint density at radius 3 is 1.40 bits per heavy atom. The molecule has 0 saturated heterocycles. The number of fused-ring (bicyclic) bond motifs is 5. The minimum Gasteiger partial charge on any atom is -0.455 e. The summed E-state index contributed by atoms with van der Waals surface area (Å²) in [5.41, 5.74) is 12.0. The van der Waals surface area contributed by atoms with E-state index in [4.69, 9.17) is 4.42 Å². The molecule has 0 aliphatic rings. The molecule has 0 N–H and O–H groups in total. The molecule has 10 aromatic rings. The van der Waals surface area contributed by atoms with Crippen LogP contribution in [-0.2, 0) is 0 Å². The molecule has 0 aliphatic carbocycles. The molecule has 10 rings (SSSR count). The van der Waals surface area contributed by atoms with Gasteiger partial charge in [-0.2, -0.15) is 0 Å². The third-order valence-electron chi connectivity index (χ3n) is 10.3. The van der Waals surface area contributed by atoms with Crippen molar-refractivity contribution in [3.8, 4) is 33.4 Å². The maximum absolute atomic E-state index is 6.75. The summed E-state index contributed by atoms with van der Waals surface area (Å²) in [7, 11) is 0. The SMILES string of the molecule is c1ccc(-c2cccc3c2oc2c(-c4cccc(-c5ccc(N(c6cccc7ccccc67)c6cccc7ccccc67)cc5)c4)cccc23)cc1. The maximum Gasteiger partial charge on any atom is 0.143 e. The van der Waals surface area contributed by atoms with Crippen LogP contribution < -0.4 is 4.90 Å². The van der Waals surface area contributed by atoms with Crippen molar-refractivity contribution in [2.45, 2.75) is 0 Å². The Balaban J connectivity index is 1.07. The Bertz CT molecular complexity index is 2810. The fourth-order valence-corrected chi connectivity index (χ4v) is 7.78. The predicted molar refractivity (Wildman–Crippen MR) is 220 cm³/mol. The standard InChI is InChI=1S/C50H33NO/c1-2-13-37(14-3-1)43-23-11-25-45-46-26-12-24-44(50(46)52-49(43)45)39-20-8-19-38(33-39)34-29-31-40(32-30-34)51(47-27-9-17-35-15-4-6-21-41(35)47)48-28-10-18-36-16-5-7-22-42(36)48/h1-33H. The number of para-hydroxylation sites is 2. The molecule has 1 aromatic heterocycles. The second kappa shape index (κ2) is 12.5. The zero-order valence-corrected chi connectivity index (χ0v) is 28.4. The normalized spacial score (nSPS) is 11.5. The zero-order chi connectivity index (χ0) is 34.4. The lowest BCUT2D eigenvalue weighted by atomic mass is 9.97. The number of rotatable bonds is 6. The topological polar surface area (TPSA) is 16.4 Å². The summed E-state index contributed by atoms with van der Waals surface area (Å²) < 4.78 is 6.75. The molecule has 0 amide bonds. The first kappa shape index (κ1) is 30.0. The summed E-state index contributed by atoms with van der Waals surface area (Å²) in [6, 6.07) is 71.5. The lowest BCUT2D eigenvalue weighted by molar-refractivity contribution is 0.671. The highest BCUT2D eigenvalue weighted by atomic mass is 16.3. The molecule has 1 heterocycles. The van der Waals surface area contributed by atoms with Crippen LogP contribution in [-0.4, -0.2) is 0 Å². The number of hydrogen-bond donors (Lipinski definition) is 0. The molecule has 0 atom stereocenters. The average Bonchev–Trinajstić information content (AvgIpc) is 3.61. The summed E-state index contributed by atoms with van der Waals surface area (Å²) in [5, 5.41) is 7.12. The van der Waals surface area contributed by atoms with Gasteiger partial charge in [-0.3, -0.25) is 0 Å². The van der Waals surface area contributed by atoms with E-state index in [2.05, 4.69) is 199 Å². The van der Waals surface area contributed by atoms with Gasteiger partial charge < -0.3 is 9.32 Å². The molecular formula is C50H33NO. The lowest BCUT2D eigenvalue weighted by Crippen LogP contribution is -2.11. The van der Waals surface area contributed by atoms with Crippen molar-refractivity contribution in [1.82, 2.24) is 0 Å². The Labute approximate surface area is 302 Å². The van der Waals surface area contributed by atoms with Gasteiger partial charge in [-0.15, -0.1) is 0 Å². The van der Waals surface area contributed by atoms with Crippen LogP contribution in [0.25, 0.3) is 76.9 Å². The number of benzene rings is 9. The van der Waals surface area contributed by atoms with Gasteiger partial charge >= 0.3 is 0 Å². The first-order valence-electron chi connectivity index (χ1n) is 17.8. The summed E-state index contributed by atoms with van der Waals surface area (Å²) in [4.78, 5) is 2.40. The first-order valence-corrected chi connectivity index (χ1v) is 17.8. The highest BCUT2D eigenvalue weighted by molar-refractivity contribution is 6.13. The molecule has 52 heavy (non-hydrogen) atoms. The Kier molecular flexibility index (Phi) is 7.18. The van der Waals surface area contributed by atoms with Crippen LogP contribution in [0.1, 0.15) is 0 Å². The molecule has 2 nitrogen and oxygen atoms in total. The molecule has 0 fully saturated rings. The van der Waals surface area contributed by atoms with Crippen LogP contribution in [0.5, 0.6) is 0 Å². The maximum atomic E-state index is 6.75. The van der Waals surface area contributed by atoms with Gasteiger partial charge in [-0.1, -0.05) is 170 Å². The third-order valence-corrected chi connectivity index (χ3v) is 10.3. The van der Waals surface area contributed by atoms with Crippen molar-refractivity contribution >= 4 is 60.5 Å². The van der Waals surface area contributed by atoms with E-state index in [1.165, 1.54) is 21.5 Å². The smallest absolute Gasteiger partial charge is 0.143 e. The Hall–Kier alpha value is -6.90. The summed E-state index contributed by atoms with van der Waals surface area (Å²) in [6.07, 6.45) is 0. The van der Waals surface area contributed by atoms with Crippen molar-refractivity contribution in [3.05, 3.63) is 200 Å². The second-order valence-electron chi connectivity index (χ2n) is 13.3. The van der Waals surface area contributed by atoms with Crippen molar-refractivity contribution in [3.63, 3.8) is 0 Å². The van der Waals surface area contributed by atoms with Crippen LogP contribution in [0.2, 0.25) is 0 Å². The summed E-state index contributed by atoms with van der Waals surface area (Å²) in [6.45, 7) is 0. The molecule has 0 bridgehead atoms.